The maximum absolute atomic E-state index is 14.0. The van der Waals surface area contributed by atoms with Gasteiger partial charge in [-0.25, -0.2) is 4.39 Å². The van der Waals surface area contributed by atoms with Crippen molar-refractivity contribution in [3.05, 3.63) is 28.0 Å². The minimum absolute atomic E-state index is 0.249. The highest BCUT2D eigenvalue weighted by Crippen LogP contribution is 2.30. The lowest BCUT2D eigenvalue weighted by atomic mass is 9.87. The second kappa shape index (κ2) is 5.71. The summed E-state index contributed by atoms with van der Waals surface area (Å²) in [6.07, 6.45) is 4.55. The van der Waals surface area contributed by atoms with E-state index < -0.39 is 0 Å². The van der Waals surface area contributed by atoms with E-state index in [2.05, 4.69) is 28.2 Å². The van der Waals surface area contributed by atoms with Crippen molar-refractivity contribution in [2.75, 3.05) is 5.32 Å². The van der Waals surface area contributed by atoms with E-state index in [0.717, 1.165) is 18.8 Å². The van der Waals surface area contributed by atoms with Crippen LogP contribution in [0.5, 0.6) is 0 Å². The Balaban J connectivity index is 2.11. The van der Waals surface area contributed by atoms with Gasteiger partial charge in [0.25, 0.3) is 0 Å². The summed E-state index contributed by atoms with van der Waals surface area (Å²) in [6.45, 7) is 2.26. The van der Waals surface area contributed by atoms with E-state index in [9.17, 15) is 4.39 Å². The summed E-state index contributed by atoms with van der Waals surface area (Å²) >= 11 is 3.13. The average molecular weight is 311 g/mol. The van der Waals surface area contributed by atoms with Crippen LogP contribution >= 0.6 is 15.9 Å². The number of halogens is 2. The van der Waals surface area contributed by atoms with Crippen molar-refractivity contribution >= 4 is 21.6 Å². The van der Waals surface area contributed by atoms with Crippen LogP contribution in [0.4, 0.5) is 10.1 Å². The van der Waals surface area contributed by atoms with Gasteiger partial charge in [0, 0.05) is 6.04 Å². The molecule has 1 N–H and O–H groups in total. The van der Waals surface area contributed by atoms with Gasteiger partial charge in [-0.2, -0.15) is 5.26 Å². The molecule has 2 rings (SSSR count). The normalized spacial score (nSPS) is 23.4. The number of nitrogens with zero attached hydrogens (tertiary/aromatic N) is 1. The van der Waals surface area contributed by atoms with E-state index in [0.29, 0.717) is 17.3 Å². The fourth-order valence-electron chi connectivity index (χ4n) is 2.37. The quantitative estimate of drug-likeness (QED) is 0.876. The van der Waals surface area contributed by atoms with Gasteiger partial charge in [-0.15, -0.1) is 0 Å². The Bertz CT molecular complexity index is 473. The van der Waals surface area contributed by atoms with Crippen molar-refractivity contribution in [1.82, 2.24) is 0 Å². The summed E-state index contributed by atoms with van der Waals surface area (Å²) in [5, 5.41) is 12.1. The smallest absolute Gasteiger partial charge is 0.161 e. The number of nitriles is 1. The highest BCUT2D eigenvalue weighted by molar-refractivity contribution is 9.10. The lowest BCUT2D eigenvalue weighted by Gasteiger charge is -2.28. The molecule has 1 fully saturated rings. The van der Waals surface area contributed by atoms with Crippen molar-refractivity contribution < 1.29 is 4.39 Å². The first-order valence-electron chi connectivity index (χ1n) is 6.26. The molecular formula is C14H16BrFN2. The summed E-state index contributed by atoms with van der Waals surface area (Å²) in [7, 11) is 0. The van der Waals surface area contributed by atoms with Crippen molar-refractivity contribution in [3.63, 3.8) is 0 Å². The van der Waals surface area contributed by atoms with Gasteiger partial charge in [-0.05, 0) is 59.7 Å². The Labute approximate surface area is 115 Å². The summed E-state index contributed by atoms with van der Waals surface area (Å²) in [5.74, 6) is 0.410. The highest BCUT2D eigenvalue weighted by atomic mass is 79.9. The second-order valence-electron chi connectivity index (χ2n) is 5.00. The molecule has 4 heteroatoms. The molecule has 1 aliphatic rings. The molecule has 0 saturated heterocycles. The number of nitrogens with one attached hydrogen (secondary N) is 1. The number of hydrogen-bond acceptors (Lipinski definition) is 2. The fraction of sp³-hybridized carbons (Fsp3) is 0.500. The lowest BCUT2D eigenvalue weighted by Crippen LogP contribution is -2.25. The second-order valence-corrected chi connectivity index (χ2v) is 5.79. The molecule has 1 aliphatic carbocycles. The van der Waals surface area contributed by atoms with Gasteiger partial charge < -0.3 is 5.32 Å². The molecule has 18 heavy (non-hydrogen) atoms. The fourth-order valence-corrected chi connectivity index (χ4v) is 2.81. The van der Waals surface area contributed by atoms with Crippen LogP contribution in [0.2, 0.25) is 0 Å². The molecule has 0 aromatic heterocycles. The van der Waals surface area contributed by atoms with Crippen LogP contribution in [0.15, 0.2) is 16.6 Å². The van der Waals surface area contributed by atoms with Gasteiger partial charge in [-0.3, -0.25) is 0 Å². The van der Waals surface area contributed by atoms with Gasteiger partial charge in [0.15, 0.2) is 5.82 Å². The topological polar surface area (TPSA) is 35.8 Å². The van der Waals surface area contributed by atoms with Crippen LogP contribution in [0.3, 0.4) is 0 Å². The van der Waals surface area contributed by atoms with Crippen LogP contribution in [0, 0.1) is 23.1 Å². The lowest BCUT2D eigenvalue weighted by molar-refractivity contribution is 0.360. The number of benzene rings is 1. The monoisotopic (exact) mass is 310 g/mol. The molecule has 1 saturated carbocycles. The zero-order chi connectivity index (χ0) is 13.1. The first-order valence-corrected chi connectivity index (χ1v) is 7.05. The molecule has 0 atom stereocenters. The van der Waals surface area contributed by atoms with Crippen LogP contribution in [0.25, 0.3) is 0 Å². The molecule has 0 spiro atoms. The van der Waals surface area contributed by atoms with Crippen LogP contribution < -0.4 is 5.32 Å². The molecule has 0 amide bonds. The minimum atomic E-state index is -0.368. The van der Waals surface area contributed by atoms with E-state index in [4.69, 9.17) is 5.26 Å². The Morgan fingerprint density at radius 2 is 2.00 bits per heavy atom. The standard InChI is InChI=1S/C14H16BrFN2/c1-9-2-5-11(6-3-9)18-12-7-4-10(8-17)13(15)14(12)16/h4,7,9,11,18H,2-3,5-6H2,1H3. The zero-order valence-electron chi connectivity index (χ0n) is 10.3. The molecule has 1 aromatic carbocycles. The SMILES string of the molecule is CC1CCC(Nc2ccc(C#N)c(Br)c2F)CC1. The van der Waals surface area contributed by atoms with Crippen LogP contribution in [-0.2, 0) is 0 Å². The summed E-state index contributed by atoms with van der Waals surface area (Å²) in [6, 6.07) is 5.59. The predicted octanol–water partition coefficient (Wildman–Crippen LogP) is 4.45. The molecule has 96 valence electrons. The largest absolute Gasteiger partial charge is 0.380 e. The zero-order valence-corrected chi connectivity index (χ0v) is 11.9. The molecule has 0 radical (unpaired) electrons. The van der Waals surface area contributed by atoms with Crippen LogP contribution in [-0.4, -0.2) is 6.04 Å². The summed E-state index contributed by atoms with van der Waals surface area (Å²) in [4.78, 5) is 0. The van der Waals surface area contributed by atoms with E-state index in [1.165, 1.54) is 12.8 Å². The van der Waals surface area contributed by atoms with E-state index in [-0.39, 0.29) is 10.3 Å². The van der Waals surface area contributed by atoms with Crippen molar-refractivity contribution in [2.24, 2.45) is 5.92 Å². The molecule has 2 nitrogen and oxygen atoms in total. The Morgan fingerprint density at radius 3 is 2.61 bits per heavy atom. The first kappa shape index (κ1) is 13.4. The molecule has 0 heterocycles. The third kappa shape index (κ3) is 2.84. The van der Waals surface area contributed by atoms with Gasteiger partial charge in [0.1, 0.15) is 6.07 Å². The molecule has 0 aliphatic heterocycles. The van der Waals surface area contributed by atoms with Crippen molar-refractivity contribution in [1.29, 1.82) is 5.26 Å². The third-order valence-corrected chi connectivity index (χ3v) is 4.35. The van der Waals surface area contributed by atoms with Gasteiger partial charge >= 0.3 is 0 Å². The van der Waals surface area contributed by atoms with Gasteiger partial charge in [-0.1, -0.05) is 6.92 Å². The summed E-state index contributed by atoms with van der Waals surface area (Å²) in [5.41, 5.74) is 0.816. The maximum atomic E-state index is 14.0. The number of rotatable bonds is 2. The van der Waals surface area contributed by atoms with E-state index in [1.807, 2.05) is 6.07 Å². The number of hydrogen-bond donors (Lipinski definition) is 1. The van der Waals surface area contributed by atoms with E-state index >= 15 is 0 Å². The van der Waals surface area contributed by atoms with Crippen LogP contribution in [0.1, 0.15) is 38.2 Å². The molecule has 0 unspecified atom stereocenters. The Kier molecular flexibility index (Phi) is 4.23. The van der Waals surface area contributed by atoms with Crippen molar-refractivity contribution in [2.45, 2.75) is 38.6 Å². The molecule has 1 aromatic rings. The highest BCUT2D eigenvalue weighted by Gasteiger charge is 2.20. The Hall–Kier alpha value is -1.08. The summed E-state index contributed by atoms with van der Waals surface area (Å²) < 4.78 is 14.3. The molecular weight excluding hydrogens is 295 g/mol. The average Bonchev–Trinajstić information content (AvgIpc) is 2.38. The predicted molar refractivity (Wildman–Crippen MR) is 73.9 cm³/mol. The molecule has 0 bridgehead atoms. The van der Waals surface area contributed by atoms with E-state index in [1.54, 1.807) is 12.1 Å². The third-order valence-electron chi connectivity index (χ3n) is 3.58. The van der Waals surface area contributed by atoms with Gasteiger partial charge in [0.05, 0.1) is 15.7 Å². The first-order chi connectivity index (χ1) is 8.61. The number of anilines is 1. The Morgan fingerprint density at radius 1 is 1.33 bits per heavy atom. The maximum Gasteiger partial charge on any atom is 0.161 e. The van der Waals surface area contributed by atoms with Crippen molar-refractivity contribution in [3.8, 4) is 6.07 Å². The van der Waals surface area contributed by atoms with Gasteiger partial charge in [0.2, 0.25) is 0 Å². The minimum Gasteiger partial charge on any atom is -0.380 e.